The van der Waals surface area contributed by atoms with Crippen molar-refractivity contribution in [3.8, 4) is 11.5 Å². The van der Waals surface area contributed by atoms with Gasteiger partial charge in [0.1, 0.15) is 17.0 Å². The van der Waals surface area contributed by atoms with E-state index in [0.717, 1.165) is 29.9 Å². The lowest BCUT2D eigenvalue weighted by molar-refractivity contribution is -0.132. The fraction of sp³-hybridized carbons (Fsp3) is 0.250. The molecule has 0 heterocycles. The van der Waals surface area contributed by atoms with Gasteiger partial charge < -0.3 is 20.3 Å². The van der Waals surface area contributed by atoms with E-state index in [2.05, 4.69) is 10.6 Å². The molecule has 3 aromatic carbocycles. The number of carbonyl (C=O) groups excluding carboxylic acids is 3. The van der Waals surface area contributed by atoms with Crippen LogP contribution < -0.4 is 20.3 Å². The first-order valence-electron chi connectivity index (χ1n) is 12.1. The number of benzene rings is 3. The summed E-state index contributed by atoms with van der Waals surface area (Å²) < 4.78 is 48.7. The second-order valence-electron chi connectivity index (χ2n) is 9.53. The fourth-order valence-electron chi connectivity index (χ4n) is 4.08. The van der Waals surface area contributed by atoms with Gasteiger partial charge in [0, 0.05) is 42.5 Å². The van der Waals surface area contributed by atoms with Crippen molar-refractivity contribution in [1.29, 1.82) is 0 Å². The van der Waals surface area contributed by atoms with Crippen molar-refractivity contribution in [2.24, 2.45) is 11.3 Å². The molecule has 3 aromatic rings. The minimum absolute atomic E-state index is 0.00197. The van der Waals surface area contributed by atoms with Crippen LogP contribution in [-0.4, -0.2) is 24.8 Å². The Morgan fingerprint density at radius 3 is 2.26 bits per heavy atom. The summed E-state index contributed by atoms with van der Waals surface area (Å²) in [5.74, 6) is -3.94. The van der Waals surface area contributed by atoms with Gasteiger partial charge in [0.25, 0.3) is 0 Å². The van der Waals surface area contributed by atoms with Gasteiger partial charge in [-0.2, -0.15) is 0 Å². The summed E-state index contributed by atoms with van der Waals surface area (Å²) >= 11 is 0. The number of carbonyl (C=O) groups is 3. The number of nitrogens with one attached hydrogen (secondary N) is 2. The van der Waals surface area contributed by atoms with Gasteiger partial charge in [-0.05, 0) is 62.1 Å². The van der Waals surface area contributed by atoms with Gasteiger partial charge in [0.05, 0.1) is 5.69 Å². The third-order valence-electron chi connectivity index (χ3n) is 6.64. The van der Waals surface area contributed by atoms with Crippen LogP contribution >= 0.6 is 0 Å². The van der Waals surface area contributed by atoms with E-state index in [0.29, 0.717) is 11.4 Å². The minimum Gasteiger partial charge on any atom is -0.454 e. The van der Waals surface area contributed by atoms with Crippen LogP contribution in [-0.2, 0) is 14.4 Å². The highest BCUT2D eigenvalue weighted by Gasteiger charge is 2.58. The SMILES string of the molecule is CN(C(=O)C1(C(=O)Nc2ccc(F)cc2)CC1)c1cc(F)c(Oc2cccc(NC(=O)C3CC3)c2)cc1F. The number of amides is 3. The Kier molecular flexibility index (Phi) is 6.56. The number of nitrogens with zero attached hydrogens (tertiary/aromatic N) is 1. The molecule has 2 N–H and O–H groups in total. The highest BCUT2D eigenvalue weighted by molar-refractivity contribution is 6.17. The molecular formula is C28H24F3N3O4. The third-order valence-corrected chi connectivity index (χ3v) is 6.64. The average molecular weight is 524 g/mol. The van der Waals surface area contributed by atoms with Gasteiger partial charge in [-0.3, -0.25) is 14.4 Å². The summed E-state index contributed by atoms with van der Waals surface area (Å²) in [4.78, 5) is 38.9. The predicted molar refractivity (Wildman–Crippen MR) is 134 cm³/mol. The van der Waals surface area contributed by atoms with E-state index in [1.54, 1.807) is 12.1 Å². The van der Waals surface area contributed by atoms with Gasteiger partial charge in [-0.1, -0.05) is 6.07 Å². The van der Waals surface area contributed by atoms with Crippen LogP contribution in [0.3, 0.4) is 0 Å². The standard InChI is InChI=1S/C28H24F3N3O4/c1-34(27(37)28(11-12-28)26(36)33-18-9-7-17(29)8-10-18)23-14-22(31)24(15-21(23)30)38-20-4-2-3-19(13-20)32-25(35)16-5-6-16/h2-4,7-10,13-16H,5-6,11-12H2,1H3,(H,32,35)(H,33,36). The summed E-state index contributed by atoms with van der Waals surface area (Å²) in [5.41, 5.74) is -0.998. The van der Waals surface area contributed by atoms with E-state index in [9.17, 15) is 23.2 Å². The number of hydrogen-bond donors (Lipinski definition) is 2. The molecule has 7 nitrogen and oxygen atoms in total. The van der Waals surface area contributed by atoms with Crippen molar-refractivity contribution in [3.05, 3.63) is 78.1 Å². The lowest BCUT2D eigenvalue weighted by Crippen LogP contribution is -2.41. The molecule has 0 radical (unpaired) electrons. The molecule has 0 spiro atoms. The number of anilines is 3. The maximum Gasteiger partial charge on any atom is 0.242 e. The first-order valence-corrected chi connectivity index (χ1v) is 12.1. The summed E-state index contributed by atoms with van der Waals surface area (Å²) in [6, 6.07) is 13.0. The summed E-state index contributed by atoms with van der Waals surface area (Å²) in [5, 5.41) is 5.34. The second kappa shape index (κ2) is 9.85. The highest BCUT2D eigenvalue weighted by Crippen LogP contribution is 2.49. The zero-order valence-corrected chi connectivity index (χ0v) is 20.4. The smallest absolute Gasteiger partial charge is 0.242 e. The van der Waals surface area contributed by atoms with Crippen LogP contribution in [0, 0.1) is 28.8 Å². The van der Waals surface area contributed by atoms with E-state index in [4.69, 9.17) is 4.74 Å². The Hall–Kier alpha value is -4.34. The van der Waals surface area contributed by atoms with E-state index in [1.807, 2.05) is 0 Å². The van der Waals surface area contributed by atoms with Crippen molar-refractivity contribution in [2.75, 3.05) is 22.6 Å². The third kappa shape index (κ3) is 5.20. The minimum atomic E-state index is -1.42. The predicted octanol–water partition coefficient (Wildman–Crippen LogP) is 5.63. The molecule has 0 unspecified atom stereocenters. The van der Waals surface area contributed by atoms with E-state index < -0.39 is 40.4 Å². The number of ether oxygens (including phenoxy) is 1. The zero-order chi connectivity index (χ0) is 27.0. The Balaban J connectivity index is 1.29. The molecule has 0 atom stereocenters. The average Bonchev–Trinajstić information content (AvgIpc) is 3.81. The van der Waals surface area contributed by atoms with Crippen molar-refractivity contribution in [3.63, 3.8) is 0 Å². The van der Waals surface area contributed by atoms with Crippen molar-refractivity contribution >= 4 is 34.8 Å². The van der Waals surface area contributed by atoms with Gasteiger partial charge in [-0.15, -0.1) is 0 Å². The lowest BCUT2D eigenvalue weighted by atomic mass is 10.0. The summed E-state index contributed by atoms with van der Waals surface area (Å²) in [6.45, 7) is 0. The number of hydrogen-bond acceptors (Lipinski definition) is 4. The molecule has 2 fully saturated rings. The fourth-order valence-corrected chi connectivity index (χ4v) is 4.08. The van der Waals surface area contributed by atoms with E-state index >= 15 is 4.39 Å². The molecule has 0 saturated heterocycles. The first kappa shape index (κ1) is 25.3. The van der Waals surface area contributed by atoms with Crippen LogP contribution in [0.5, 0.6) is 11.5 Å². The van der Waals surface area contributed by atoms with Gasteiger partial charge in [0.15, 0.2) is 17.4 Å². The van der Waals surface area contributed by atoms with Gasteiger partial charge in [0.2, 0.25) is 17.7 Å². The Labute approximate surface area is 216 Å². The molecule has 2 saturated carbocycles. The van der Waals surface area contributed by atoms with Crippen LogP contribution in [0.2, 0.25) is 0 Å². The van der Waals surface area contributed by atoms with E-state index in [-0.39, 0.29) is 36.1 Å². The molecule has 0 bridgehead atoms. The van der Waals surface area contributed by atoms with Crippen LogP contribution in [0.4, 0.5) is 30.2 Å². The maximum atomic E-state index is 15.1. The zero-order valence-electron chi connectivity index (χ0n) is 20.4. The van der Waals surface area contributed by atoms with Crippen molar-refractivity contribution in [2.45, 2.75) is 25.7 Å². The van der Waals surface area contributed by atoms with Crippen LogP contribution in [0.25, 0.3) is 0 Å². The normalized spacial score (nSPS) is 15.4. The quantitative estimate of drug-likeness (QED) is 0.375. The van der Waals surface area contributed by atoms with Gasteiger partial charge in [-0.25, -0.2) is 13.2 Å². The molecule has 3 amide bonds. The topological polar surface area (TPSA) is 87.7 Å². The monoisotopic (exact) mass is 523 g/mol. The highest BCUT2D eigenvalue weighted by atomic mass is 19.1. The van der Waals surface area contributed by atoms with Crippen molar-refractivity contribution in [1.82, 2.24) is 0 Å². The summed E-state index contributed by atoms with van der Waals surface area (Å²) in [7, 11) is 1.26. The van der Waals surface area contributed by atoms with Crippen molar-refractivity contribution < 1.29 is 32.3 Å². The summed E-state index contributed by atoms with van der Waals surface area (Å²) in [6.07, 6.45) is 2.16. The molecule has 10 heteroatoms. The lowest BCUT2D eigenvalue weighted by Gasteiger charge is -2.24. The van der Waals surface area contributed by atoms with E-state index in [1.165, 1.54) is 43.4 Å². The number of rotatable bonds is 8. The Morgan fingerprint density at radius 2 is 1.61 bits per heavy atom. The molecule has 0 aromatic heterocycles. The Bertz CT molecular complexity index is 1420. The van der Waals surface area contributed by atoms with Crippen LogP contribution in [0.1, 0.15) is 25.7 Å². The maximum absolute atomic E-state index is 15.1. The molecule has 38 heavy (non-hydrogen) atoms. The Morgan fingerprint density at radius 1 is 0.895 bits per heavy atom. The van der Waals surface area contributed by atoms with Gasteiger partial charge >= 0.3 is 0 Å². The first-order chi connectivity index (χ1) is 18.2. The second-order valence-corrected chi connectivity index (χ2v) is 9.53. The molecule has 2 aliphatic carbocycles. The molecule has 5 rings (SSSR count). The molecule has 196 valence electrons. The van der Waals surface area contributed by atoms with Crippen LogP contribution in [0.15, 0.2) is 60.7 Å². The molecular weight excluding hydrogens is 499 g/mol. The molecule has 2 aliphatic rings. The molecule has 0 aliphatic heterocycles. The largest absolute Gasteiger partial charge is 0.454 e. The number of halogens is 3.